The van der Waals surface area contributed by atoms with E-state index >= 15 is 0 Å². The zero-order valence-corrected chi connectivity index (χ0v) is 12.5. The van der Waals surface area contributed by atoms with Gasteiger partial charge in [-0.05, 0) is 19.9 Å². The molecular weight excluding hydrogens is 258 g/mol. The number of hydrogen-bond donors (Lipinski definition) is 1. The molecular formula is C14H23N3O3. The normalized spacial score (nSPS) is 12.2. The van der Waals surface area contributed by atoms with Crippen molar-refractivity contribution in [1.82, 2.24) is 9.88 Å². The summed E-state index contributed by atoms with van der Waals surface area (Å²) >= 11 is 0. The Balaban J connectivity index is 2.96. The van der Waals surface area contributed by atoms with Gasteiger partial charge in [-0.3, -0.25) is 9.78 Å². The number of carbonyl (C=O) groups excluding carboxylic acids is 1. The topological polar surface area (TPSA) is 77.7 Å². The van der Waals surface area contributed by atoms with Crippen LogP contribution in [0.25, 0.3) is 0 Å². The lowest BCUT2D eigenvalue weighted by Crippen LogP contribution is -2.43. The molecule has 6 nitrogen and oxygen atoms in total. The summed E-state index contributed by atoms with van der Waals surface area (Å²) in [6.07, 6.45) is 1.52. The van der Waals surface area contributed by atoms with Gasteiger partial charge in [-0.25, -0.2) is 0 Å². The van der Waals surface area contributed by atoms with E-state index < -0.39 is 0 Å². The molecule has 1 rings (SSSR count). The van der Waals surface area contributed by atoms with Crippen LogP contribution in [0, 0.1) is 6.92 Å². The number of rotatable bonds is 7. The number of nitrogens with zero attached hydrogens (tertiary/aromatic N) is 2. The van der Waals surface area contributed by atoms with Gasteiger partial charge in [0.15, 0.2) is 0 Å². The molecule has 1 aromatic rings. The predicted octanol–water partition coefficient (Wildman–Crippen LogP) is 1.10. The molecule has 20 heavy (non-hydrogen) atoms. The van der Waals surface area contributed by atoms with Crippen LogP contribution in [0.15, 0.2) is 12.3 Å². The van der Waals surface area contributed by atoms with Crippen molar-refractivity contribution in [3.63, 3.8) is 0 Å². The molecule has 0 aliphatic rings. The predicted molar refractivity (Wildman–Crippen MR) is 77.6 cm³/mol. The van der Waals surface area contributed by atoms with Crippen molar-refractivity contribution in [3.05, 3.63) is 23.5 Å². The summed E-state index contributed by atoms with van der Waals surface area (Å²) in [6, 6.07) is 1.63. The Kier molecular flexibility index (Phi) is 6.41. The Hall–Kier alpha value is -1.66. The van der Waals surface area contributed by atoms with Crippen molar-refractivity contribution < 1.29 is 14.3 Å². The van der Waals surface area contributed by atoms with E-state index in [2.05, 4.69) is 4.98 Å². The number of nitrogens with two attached hydrogens (primary N) is 1. The number of hydrogen-bond acceptors (Lipinski definition) is 5. The van der Waals surface area contributed by atoms with Crippen LogP contribution in [-0.2, 0) is 9.47 Å². The van der Waals surface area contributed by atoms with E-state index in [1.807, 2.05) is 13.8 Å². The lowest BCUT2D eigenvalue weighted by Gasteiger charge is -2.29. The number of aromatic nitrogens is 1. The second kappa shape index (κ2) is 7.81. The van der Waals surface area contributed by atoms with Gasteiger partial charge in [0, 0.05) is 38.3 Å². The first kappa shape index (κ1) is 16.4. The Morgan fingerprint density at radius 2 is 2.15 bits per heavy atom. The Labute approximate surface area is 119 Å². The minimum Gasteiger partial charge on any atom is -0.398 e. The van der Waals surface area contributed by atoms with E-state index in [9.17, 15) is 4.79 Å². The molecule has 0 spiro atoms. The Morgan fingerprint density at radius 3 is 2.70 bits per heavy atom. The molecule has 0 bridgehead atoms. The lowest BCUT2D eigenvalue weighted by molar-refractivity contribution is 0.0480. The number of amides is 1. The smallest absolute Gasteiger partial charge is 0.257 e. The summed E-state index contributed by atoms with van der Waals surface area (Å²) < 4.78 is 10.2. The Bertz CT molecular complexity index is 451. The molecule has 0 aromatic carbocycles. The summed E-state index contributed by atoms with van der Waals surface area (Å²) in [5.74, 6) is -0.156. The first-order chi connectivity index (χ1) is 9.51. The van der Waals surface area contributed by atoms with Crippen molar-refractivity contribution in [2.24, 2.45) is 0 Å². The van der Waals surface area contributed by atoms with E-state index in [-0.39, 0.29) is 11.9 Å². The third kappa shape index (κ3) is 4.18. The molecule has 0 radical (unpaired) electrons. The van der Waals surface area contributed by atoms with E-state index in [1.165, 1.54) is 6.20 Å². The van der Waals surface area contributed by atoms with Gasteiger partial charge in [0.25, 0.3) is 5.91 Å². The van der Waals surface area contributed by atoms with Crippen LogP contribution in [0.2, 0.25) is 0 Å². The molecule has 0 aliphatic heterocycles. The number of nitrogen functional groups attached to an aromatic ring is 1. The van der Waals surface area contributed by atoms with Crippen LogP contribution in [0.1, 0.15) is 23.0 Å². The fourth-order valence-corrected chi connectivity index (χ4v) is 1.96. The summed E-state index contributed by atoms with van der Waals surface area (Å²) in [6.45, 7) is 5.15. The first-order valence-corrected chi connectivity index (χ1v) is 6.52. The maximum atomic E-state index is 12.6. The molecule has 1 amide bonds. The van der Waals surface area contributed by atoms with Crippen LogP contribution in [0.3, 0.4) is 0 Å². The van der Waals surface area contributed by atoms with Crippen molar-refractivity contribution in [3.8, 4) is 0 Å². The minimum atomic E-state index is -0.156. The highest BCUT2D eigenvalue weighted by Crippen LogP contribution is 2.16. The highest BCUT2D eigenvalue weighted by Gasteiger charge is 2.23. The average molecular weight is 281 g/mol. The fraction of sp³-hybridized carbons (Fsp3) is 0.571. The third-order valence-corrected chi connectivity index (χ3v) is 3.04. The molecule has 112 valence electrons. The number of methoxy groups -OCH3 is 2. The number of anilines is 1. The zero-order valence-electron chi connectivity index (χ0n) is 12.5. The van der Waals surface area contributed by atoms with Crippen LogP contribution >= 0.6 is 0 Å². The molecule has 1 heterocycles. The number of carbonyl (C=O) groups is 1. The number of aryl methyl sites for hydroxylation is 1. The maximum Gasteiger partial charge on any atom is 0.257 e. The van der Waals surface area contributed by atoms with Crippen LogP contribution in [-0.4, -0.2) is 55.8 Å². The molecule has 0 saturated heterocycles. The molecule has 6 heteroatoms. The summed E-state index contributed by atoms with van der Waals surface area (Å²) in [5.41, 5.74) is 7.55. The number of pyridine rings is 1. The largest absolute Gasteiger partial charge is 0.398 e. The number of ether oxygens (including phenoxy) is 2. The first-order valence-electron chi connectivity index (χ1n) is 6.52. The summed E-state index contributed by atoms with van der Waals surface area (Å²) in [5, 5.41) is 0. The maximum absolute atomic E-state index is 12.6. The van der Waals surface area contributed by atoms with E-state index in [1.54, 1.807) is 25.2 Å². The molecule has 2 N–H and O–H groups in total. The zero-order chi connectivity index (χ0) is 15.1. The van der Waals surface area contributed by atoms with Gasteiger partial charge in [-0.1, -0.05) is 0 Å². The standard InChI is InChI=1S/C14H23N3O3/c1-10-7-13(15)12(8-16-10)14(18)17(5-6-19-3)11(2)9-20-4/h7-8,11H,5-6,9H2,1-4H3,(H2,15,16). The van der Waals surface area contributed by atoms with Gasteiger partial charge >= 0.3 is 0 Å². The molecule has 1 unspecified atom stereocenters. The average Bonchev–Trinajstić information content (AvgIpc) is 2.39. The van der Waals surface area contributed by atoms with Gasteiger partial charge in [0.2, 0.25) is 0 Å². The summed E-state index contributed by atoms with van der Waals surface area (Å²) in [4.78, 5) is 18.4. The SMILES string of the molecule is COCCN(C(=O)c1cnc(C)cc1N)C(C)COC. The van der Waals surface area contributed by atoms with Crippen molar-refractivity contribution in [2.45, 2.75) is 19.9 Å². The monoisotopic (exact) mass is 281 g/mol. The van der Waals surface area contributed by atoms with Gasteiger partial charge in [-0.15, -0.1) is 0 Å². The van der Waals surface area contributed by atoms with E-state index in [0.29, 0.717) is 31.0 Å². The lowest BCUT2D eigenvalue weighted by atomic mass is 10.1. The van der Waals surface area contributed by atoms with E-state index in [4.69, 9.17) is 15.2 Å². The molecule has 1 aromatic heterocycles. The molecule has 0 saturated carbocycles. The second-order valence-corrected chi connectivity index (χ2v) is 4.71. The van der Waals surface area contributed by atoms with Gasteiger partial charge in [0.05, 0.1) is 24.8 Å². The van der Waals surface area contributed by atoms with Crippen LogP contribution in [0.5, 0.6) is 0 Å². The van der Waals surface area contributed by atoms with E-state index in [0.717, 1.165) is 5.69 Å². The summed E-state index contributed by atoms with van der Waals surface area (Å²) in [7, 11) is 3.21. The van der Waals surface area contributed by atoms with Crippen molar-refractivity contribution in [1.29, 1.82) is 0 Å². The van der Waals surface area contributed by atoms with Gasteiger partial charge in [0.1, 0.15) is 0 Å². The van der Waals surface area contributed by atoms with Gasteiger partial charge < -0.3 is 20.1 Å². The molecule has 0 aliphatic carbocycles. The second-order valence-electron chi connectivity index (χ2n) is 4.71. The highest BCUT2D eigenvalue weighted by atomic mass is 16.5. The molecule has 0 fully saturated rings. The van der Waals surface area contributed by atoms with Gasteiger partial charge in [-0.2, -0.15) is 0 Å². The quantitative estimate of drug-likeness (QED) is 0.809. The highest BCUT2D eigenvalue weighted by molar-refractivity contribution is 5.99. The van der Waals surface area contributed by atoms with Crippen LogP contribution < -0.4 is 5.73 Å². The van der Waals surface area contributed by atoms with Crippen LogP contribution in [0.4, 0.5) is 5.69 Å². The fourth-order valence-electron chi connectivity index (χ4n) is 1.96. The van der Waals surface area contributed by atoms with Crippen molar-refractivity contribution >= 4 is 11.6 Å². The minimum absolute atomic E-state index is 0.0663. The van der Waals surface area contributed by atoms with Crippen molar-refractivity contribution in [2.75, 3.05) is 39.7 Å². The Morgan fingerprint density at radius 1 is 1.45 bits per heavy atom. The molecule has 1 atom stereocenters. The third-order valence-electron chi connectivity index (χ3n) is 3.04.